The van der Waals surface area contributed by atoms with Crippen molar-refractivity contribution >= 4 is 11.7 Å². The van der Waals surface area contributed by atoms with Gasteiger partial charge in [-0.3, -0.25) is 4.79 Å². The maximum absolute atomic E-state index is 11.8. The molecule has 0 aromatic carbocycles. The van der Waals surface area contributed by atoms with Gasteiger partial charge in [0.2, 0.25) is 0 Å². The van der Waals surface area contributed by atoms with Gasteiger partial charge >= 0.3 is 0 Å². The molecule has 18 heavy (non-hydrogen) atoms. The van der Waals surface area contributed by atoms with Crippen molar-refractivity contribution in [2.75, 3.05) is 32.1 Å². The van der Waals surface area contributed by atoms with Crippen molar-refractivity contribution in [1.82, 2.24) is 15.3 Å². The zero-order chi connectivity index (χ0) is 12.8. The Balaban J connectivity index is 1.76. The number of carbonyl (C=O) groups excluding carboxylic acids is 1. The third-order valence-corrected chi connectivity index (χ3v) is 3.00. The second-order valence-corrected chi connectivity index (χ2v) is 4.31. The van der Waals surface area contributed by atoms with Crippen LogP contribution in [0.3, 0.4) is 0 Å². The second-order valence-electron chi connectivity index (χ2n) is 4.31. The summed E-state index contributed by atoms with van der Waals surface area (Å²) in [6.45, 7) is 2.31. The summed E-state index contributed by atoms with van der Waals surface area (Å²) < 4.78 is 5.28. The molecule has 6 nitrogen and oxygen atoms in total. The van der Waals surface area contributed by atoms with E-state index in [2.05, 4.69) is 20.6 Å². The largest absolute Gasteiger partial charge is 0.381 e. The predicted octanol–water partition coefficient (Wildman–Crippen LogP) is 0.675. The van der Waals surface area contributed by atoms with E-state index >= 15 is 0 Å². The quantitative estimate of drug-likeness (QED) is 0.803. The SMILES string of the molecule is CNc1cnc(C(=O)NCCC2CCOC2)cn1. The van der Waals surface area contributed by atoms with E-state index in [1.165, 1.54) is 6.20 Å². The third kappa shape index (κ3) is 3.40. The van der Waals surface area contributed by atoms with Gasteiger partial charge in [0.1, 0.15) is 11.5 Å². The van der Waals surface area contributed by atoms with Crippen LogP contribution in [0.2, 0.25) is 0 Å². The summed E-state index contributed by atoms with van der Waals surface area (Å²) in [4.78, 5) is 19.8. The summed E-state index contributed by atoms with van der Waals surface area (Å²) in [5.74, 6) is 1.04. The first-order chi connectivity index (χ1) is 8.79. The highest BCUT2D eigenvalue weighted by Crippen LogP contribution is 2.15. The van der Waals surface area contributed by atoms with Gasteiger partial charge in [-0.25, -0.2) is 9.97 Å². The molecule has 0 spiro atoms. The molecule has 2 rings (SSSR count). The average Bonchev–Trinajstić information content (AvgIpc) is 2.92. The van der Waals surface area contributed by atoms with Crippen molar-refractivity contribution in [3.63, 3.8) is 0 Å². The molecule has 0 saturated carbocycles. The van der Waals surface area contributed by atoms with Gasteiger partial charge in [-0.2, -0.15) is 0 Å². The number of hydrogen-bond acceptors (Lipinski definition) is 5. The summed E-state index contributed by atoms with van der Waals surface area (Å²) >= 11 is 0. The van der Waals surface area contributed by atoms with E-state index in [9.17, 15) is 4.79 Å². The van der Waals surface area contributed by atoms with Crippen LogP contribution in [0.15, 0.2) is 12.4 Å². The Morgan fingerprint density at radius 1 is 1.50 bits per heavy atom. The molecule has 1 aromatic rings. The van der Waals surface area contributed by atoms with E-state index in [0.29, 0.717) is 24.0 Å². The van der Waals surface area contributed by atoms with Crippen LogP contribution >= 0.6 is 0 Å². The van der Waals surface area contributed by atoms with Crippen LogP contribution in [0, 0.1) is 5.92 Å². The second kappa shape index (κ2) is 6.30. The average molecular weight is 250 g/mol. The van der Waals surface area contributed by atoms with Crippen LogP contribution in [0.5, 0.6) is 0 Å². The van der Waals surface area contributed by atoms with E-state index in [0.717, 1.165) is 26.1 Å². The van der Waals surface area contributed by atoms with Gasteiger partial charge in [0.05, 0.1) is 12.4 Å². The Morgan fingerprint density at radius 2 is 2.39 bits per heavy atom. The number of nitrogens with zero attached hydrogens (tertiary/aromatic N) is 2. The number of nitrogens with one attached hydrogen (secondary N) is 2. The molecule has 2 heterocycles. The fraction of sp³-hybridized carbons (Fsp3) is 0.583. The normalized spacial score (nSPS) is 18.6. The van der Waals surface area contributed by atoms with Gasteiger partial charge in [0.15, 0.2) is 0 Å². The molecule has 0 radical (unpaired) electrons. The highest BCUT2D eigenvalue weighted by molar-refractivity contribution is 5.91. The van der Waals surface area contributed by atoms with Crippen LogP contribution in [0.25, 0.3) is 0 Å². The zero-order valence-electron chi connectivity index (χ0n) is 10.5. The first kappa shape index (κ1) is 12.8. The molecular weight excluding hydrogens is 232 g/mol. The third-order valence-electron chi connectivity index (χ3n) is 3.00. The number of anilines is 1. The van der Waals surface area contributed by atoms with E-state index in [-0.39, 0.29) is 5.91 Å². The molecule has 2 N–H and O–H groups in total. The number of carbonyl (C=O) groups is 1. The minimum atomic E-state index is -0.177. The molecule has 0 aliphatic carbocycles. The van der Waals surface area contributed by atoms with Gasteiger partial charge in [0.25, 0.3) is 5.91 Å². The van der Waals surface area contributed by atoms with Crippen LogP contribution in [-0.2, 0) is 4.74 Å². The van der Waals surface area contributed by atoms with Crippen molar-refractivity contribution in [2.45, 2.75) is 12.8 Å². The van der Waals surface area contributed by atoms with Gasteiger partial charge in [-0.05, 0) is 18.8 Å². The van der Waals surface area contributed by atoms with Gasteiger partial charge in [0, 0.05) is 26.8 Å². The lowest BCUT2D eigenvalue weighted by atomic mass is 10.1. The zero-order valence-corrected chi connectivity index (χ0v) is 10.5. The lowest BCUT2D eigenvalue weighted by molar-refractivity contribution is 0.0945. The summed E-state index contributed by atoms with van der Waals surface area (Å²) in [7, 11) is 1.76. The molecule has 1 aromatic heterocycles. The first-order valence-electron chi connectivity index (χ1n) is 6.15. The Hall–Kier alpha value is -1.69. The molecule has 98 valence electrons. The number of amides is 1. The highest BCUT2D eigenvalue weighted by Gasteiger charge is 2.15. The molecule has 1 unspecified atom stereocenters. The molecule has 0 bridgehead atoms. The summed E-state index contributed by atoms with van der Waals surface area (Å²) in [5, 5.41) is 5.70. The maximum Gasteiger partial charge on any atom is 0.271 e. The molecule has 1 fully saturated rings. The minimum Gasteiger partial charge on any atom is -0.381 e. The Kier molecular flexibility index (Phi) is 4.46. The van der Waals surface area contributed by atoms with Gasteiger partial charge in [-0.1, -0.05) is 0 Å². The number of hydrogen-bond donors (Lipinski definition) is 2. The molecule has 1 aliphatic rings. The van der Waals surface area contributed by atoms with Gasteiger partial charge < -0.3 is 15.4 Å². The monoisotopic (exact) mass is 250 g/mol. The Bertz CT molecular complexity index is 388. The summed E-state index contributed by atoms with van der Waals surface area (Å²) in [5.41, 5.74) is 0.344. The molecular formula is C12H18N4O2. The van der Waals surface area contributed by atoms with Crippen molar-refractivity contribution in [1.29, 1.82) is 0 Å². The van der Waals surface area contributed by atoms with Gasteiger partial charge in [-0.15, -0.1) is 0 Å². The smallest absolute Gasteiger partial charge is 0.271 e. The predicted molar refractivity (Wildman–Crippen MR) is 67.5 cm³/mol. The fourth-order valence-electron chi connectivity index (χ4n) is 1.87. The molecule has 1 saturated heterocycles. The lowest BCUT2D eigenvalue weighted by Gasteiger charge is -2.08. The maximum atomic E-state index is 11.8. The number of aromatic nitrogens is 2. The fourth-order valence-corrected chi connectivity index (χ4v) is 1.87. The highest BCUT2D eigenvalue weighted by atomic mass is 16.5. The standard InChI is InChI=1S/C12H18N4O2/c1-13-11-7-15-10(6-16-11)12(17)14-4-2-9-3-5-18-8-9/h6-7,9H,2-5,8H2,1H3,(H,13,16)(H,14,17). The topological polar surface area (TPSA) is 76.1 Å². The minimum absolute atomic E-state index is 0.177. The molecule has 1 aliphatic heterocycles. The van der Waals surface area contributed by atoms with Crippen molar-refractivity contribution in [3.8, 4) is 0 Å². The first-order valence-corrected chi connectivity index (χ1v) is 6.15. The number of ether oxygens (including phenoxy) is 1. The van der Waals surface area contributed by atoms with Crippen LogP contribution in [-0.4, -0.2) is 42.7 Å². The van der Waals surface area contributed by atoms with Crippen molar-refractivity contribution in [3.05, 3.63) is 18.1 Å². The molecule has 6 heteroatoms. The van der Waals surface area contributed by atoms with Crippen LogP contribution < -0.4 is 10.6 Å². The molecule has 1 amide bonds. The Labute approximate surface area is 106 Å². The van der Waals surface area contributed by atoms with E-state index < -0.39 is 0 Å². The van der Waals surface area contributed by atoms with E-state index in [4.69, 9.17) is 4.74 Å². The van der Waals surface area contributed by atoms with Crippen LogP contribution in [0.1, 0.15) is 23.3 Å². The summed E-state index contributed by atoms with van der Waals surface area (Å²) in [6.07, 6.45) is 5.06. The number of rotatable bonds is 5. The van der Waals surface area contributed by atoms with E-state index in [1.54, 1.807) is 13.2 Å². The Morgan fingerprint density at radius 3 is 3.00 bits per heavy atom. The van der Waals surface area contributed by atoms with Crippen molar-refractivity contribution in [2.24, 2.45) is 5.92 Å². The van der Waals surface area contributed by atoms with Crippen molar-refractivity contribution < 1.29 is 9.53 Å². The van der Waals surface area contributed by atoms with E-state index in [1.807, 2.05) is 0 Å². The summed E-state index contributed by atoms with van der Waals surface area (Å²) in [6, 6.07) is 0. The van der Waals surface area contributed by atoms with Crippen LogP contribution in [0.4, 0.5) is 5.82 Å². The molecule has 1 atom stereocenters. The lowest BCUT2D eigenvalue weighted by Crippen LogP contribution is -2.27.